The number of ether oxygens (including phenoxy) is 1. The standard InChI is InChI=1S/C10H16N5O13P3/c11-8-5-9(13-2-12-8)15(3-14-5)10-7(17)6(16)4(26-10)1-25-30(21,22)28-31(23,24)27-29(18,19)20/h2-4,6-7,10,16-17H,1H2,(H,21,22)(H,23,24)(H2,11,12,13)(H2,18,19,20)/t4-,6-,7-,10-/m1/s1/i31+1. The van der Waals surface area contributed by atoms with Crippen LogP contribution in [-0.2, 0) is 31.6 Å². The number of nitrogen functional groups attached to an aromatic ring is 1. The zero-order valence-electron chi connectivity index (χ0n) is 14.9. The molecular formula is C10H16N5O13P3. The first kappa shape index (κ1) is 24.3. The summed E-state index contributed by atoms with van der Waals surface area (Å²) in [7, 11) is -16.7. The number of rotatable bonds is 8. The highest BCUT2D eigenvalue weighted by atomic mass is 32.2. The molecule has 3 heterocycles. The number of aliphatic hydroxyl groups is 2. The van der Waals surface area contributed by atoms with E-state index >= 15 is 0 Å². The Labute approximate surface area is 171 Å². The predicted octanol–water partition coefficient (Wildman–Crippen LogP) is -1.63. The third-order valence-corrected chi connectivity index (χ3v) is 7.62. The average molecular weight is 508 g/mol. The Hall–Kier alpha value is -1.36. The zero-order valence-corrected chi connectivity index (χ0v) is 17.6. The molecule has 1 saturated heterocycles. The molecule has 31 heavy (non-hydrogen) atoms. The van der Waals surface area contributed by atoms with Gasteiger partial charge in [-0.05, 0) is 0 Å². The summed E-state index contributed by atoms with van der Waals surface area (Å²) >= 11 is 0. The number of nitrogens with two attached hydrogens (primary N) is 1. The molecular weight excluding hydrogens is 492 g/mol. The molecule has 0 amide bonds. The van der Waals surface area contributed by atoms with Crippen LogP contribution in [0.2, 0.25) is 0 Å². The minimum atomic E-state index is -5.70. The lowest BCUT2D eigenvalue weighted by atomic mass is 10.1. The van der Waals surface area contributed by atoms with Crippen molar-refractivity contribution in [1.82, 2.24) is 19.5 Å². The van der Waals surface area contributed by atoms with Crippen LogP contribution in [0, 0.1) is 0 Å². The van der Waals surface area contributed by atoms with Crippen LogP contribution in [0.15, 0.2) is 12.7 Å². The van der Waals surface area contributed by atoms with E-state index in [0.717, 1.165) is 6.33 Å². The number of nitrogens with zero attached hydrogens (tertiary/aromatic N) is 4. The number of phosphoric ester groups is 1. The van der Waals surface area contributed by atoms with Gasteiger partial charge < -0.3 is 40.3 Å². The topological polar surface area (TPSA) is 279 Å². The van der Waals surface area contributed by atoms with E-state index in [9.17, 15) is 28.8 Å². The van der Waals surface area contributed by atoms with Gasteiger partial charge in [-0.1, -0.05) is 0 Å². The summed E-state index contributed by atoms with van der Waals surface area (Å²) in [4.78, 5) is 47.2. The molecule has 2 aromatic rings. The highest BCUT2D eigenvalue weighted by Crippen LogP contribution is 2.66. The number of anilines is 1. The van der Waals surface area contributed by atoms with Gasteiger partial charge in [0.05, 0.1) is 12.9 Å². The van der Waals surface area contributed by atoms with E-state index < -0.39 is 54.6 Å². The fraction of sp³-hybridized carbons (Fsp3) is 0.500. The van der Waals surface area contributed by atoms with Gasteiger partial charge in [-0.25, -0.2) is 28.6 Å². The smallest absolute Gasteiger partial charge is 0.387 e. The third kappa shape index (κ3) is 5.71. The van der Waals surface area contributed by atoms with Crippen LogP contribution in [0.4, 0.5) is 5.82 Å². The SMILES string of the molecule is Nc1ncnc2c1ncn2[C@@H]1O[C@H](COP(=O)(O)O[32P](=O)(O)OP(=O)(O)O)[C@@H](O)[C@H]1O. The highest BCUT2D eigenvalue weighted by molar-refractivity contribution is 7.66. The summed E-state index contributed by atoms with van der Waals surface area (Å²) < 4.78 is 51.9. The fourth-order valence-corrected chi connectivity index (χ4v) is 5.65. The maximum atomic E-state index is 11.8. The number of imidazole rings is 1. The molecule has 0 spiro atoms. The quantitative estimate of drug-likeness (QED) is 0.197. The van der Waals surface area contributed by atoms with Crippen molar-refractivity contribution in [2.24, 2.45) is 0 Å². The van der Waals surface area contributed by atoms with Crippen LogP contribution in [0.1, 0.15) is 6.23 Å². The Balaban J connectivity index is 1.69. The van der Waals surface area contributed by atoms with E-state index in [4.69, 9.17) is 25.2 Å². The maximum Gasteiger partial charge on any atom is 0.490 e. The average Bonchev–Trinajstić information content (AvgIpc) is 3.13. The Kier molecular flexibility index (Phi) is 6.68. The van der Waals surface area contributed by atoms with E-state index in [1.165, 1.54) is 10.9 Å². The van der Waals surface area contributed by atoms with Crippen molar-refractivity contribution in [3.63, 3.8) is 0 Å². The third-order valence-electron chi connectivity index (χ3n) is 3.82. The molecule has 0 aliphatic carbocycles. The van der Waals surface area contributed by atoms with E-state index in [1.54, 1.807) is 0 Å². The van der Waals surface area contributed by atoms with Crippen LogP contribution in [0.5, 0.6) is 0 Å². The van der Waals surface area contributed by atoms with E-state index in [1.807, 2.05) is 0 Å². The Morgan fingerprint density at radius 1 is 1.03 bits per heavy atom. The van der Waals surface area contributed by atoms with Gasteiger partial charge in [0, 0.05) is 0 Å². The number of aromatic nitrogens is 4. The van der Waals surface area contributed by atoms with Crippen molar-refractivity contribution >= 4 is 40.4 Å². The minimum Gasteiger partial charge on any atom is -0.387 e. The lowest BCUT2D eigenvalue weighted by molar-refractivity contribution is -0.0503. The molecule has 0 bridgehead atoms. The summed E-state index contributed by atoms with van der Waals surface area (Å²) in [5, 5.41) is 20.4. The van der Waals surface area contributed by atoms with Gasteiger partial charge in [-0.3, -0.25) is 9.09 Å². The van der Waals surface area contributed by atoms with Crippen LogP contribution in [0.3, 0.4) is 0 Å². The van der Waals surface area contributed by atoms with Crippen molar-refractivity contribution in [3.05, 3.63) is 12.7 Å². The molecule has 6 atom stereocenters. The van der Waals surface area contributed by atoms with Gasteiger partial charge in [0.15, 0.2) is 17.7 Å². The summed E-state index contributed by atoms with van der Waals surface area (Å²) in [5.74, 6) is 0.0426. The van der Waals surface area contributed by atoms with Gasteiger partial charge in [0.25, 0.3) is 0 Å². The van der Waals surface area contributed by atoms with Crippen LogP contribution >= 0.6 is 23.5 Å². The number of hydrogen-bond donors (Lipinski definition) is 7. The number of fused-ring (bicyclic) bond motifs is 1. The zero-order chi connectivity index (χ0) is 23.2. The first-order chi connectivity index (χ1) is 14.2. The second-order valence-electron chi connectivity index (χ2n) is 6.02. The Bertz CT molecular complexity index is 1100. The number of aliphatic hydroxyl groups excluding tert-OH is 2. The number of phosphoric acid groups is 3. The molecule has 174 valence electrons. The van der Waals surface area contributed by atoms with Gasteiger partial charge in [-0.2, -0.15) is 8.62 Å². The molecule has 18 nitrogen and oxygen atoms in total. The predicted molar refractivity (Wildman–Crippen MR) is 95.5 cm³/mol. The molecule has 3 rings (SSSR count). The first-order valence-electron chi connectivity index (χ1n) is 7.92. The molecule has 0 saturated carbocycles. The summed E-state index contributed by atoms with van der Waals surface area (Å²) in [6.45, 7) is -0.956. The van der Waals surface area contributed by atoms with Crippen LogP contribution < -0.4 is 5.73 Å². The summed E-state index contributed by atoms with van der Waals surface area (Å²) in [5.41, 5.74) is 6.00. The van der Waals surface area contributed by atoms with Crippen molar-refractivity contribution in [1.29, 1.82) is 0 Å². The second kappa shape index (κ2) is 8.53. The lowest BCUT2D eigenvalue weighted by Crippen LogP contribution is -2.33. The van der Waals surface area contributed by atoms with Gasteiger partial charge >= 0.3 is 23.5 Å². The van der Waals surface area contributed by atoms with E-state index in [2.05, 4.69) is 28.1 Å². The molecule has 2 unspecified atom stereocenters. The molecule has 1 aliphatic rings. The lowest BCUT2D eigenvalue weighted by Gasteiger charge is -2.19. The Morgan fingerprint density at radius 3 is 2.35 bits per heavy atom. The summed E-state index contributed by atoms with van der Waals surface area (Å²) in [6, 6.07) is 0. The molecule has 1 aliphatic heterocycles. The van der Waals surface area contributed by atoms with Crippen molar-refractivity contribution < 1.29 is 61.4 Å². The van der Waals surface area contributed by atoms with Gasteiger partial charge in [0.2, 0.25) is 0 Å². The molecule has 1 fully saturated rings. The minimum absolute atomic E-state index is 0.0426. The Morgan fingerprint density at radius 2 is 1.71 bits per heavy atom. The molecule has 0 aromatic carbocycles. The molecule has 0 radical (unpaired) electrons. The number of hydrogen-bond acceptors (Lipinski definition) is 13. The van der Waals surface area contributed by atoms with Crippen molar-refractivity contribution in [2.75, 3.05) is 12.3 Å². The molecule has 8 N–H and O–H groups in total. The van der Waals surface area contributed by atoms with E-state index in [-0.39, 0.29) is 17.0 Å². The molecule has 21 heteroatoms. The van der Waals surface area contributed by atoms with Gasteiger partial charge in [-0.15, -0.1) is 0 Å². The van der Waals surface area contributed by atoms with Crippen molar-refractivity contribution in [3.8, 4) is 0 Å². The monoisotopic (exact) mass is 508 g/mol. The second-order valence-corrected chi connectivity index (χ2v) is 10.4. The van der Waals surface area contributed by atoms with Gasteiger partial charge in [0.1, 0.15) is 30.2 Å². The largest absolute Gasteiger partial charge is 0.490 e. The summed E-state index contributed by atoms with van der Waals surface area (Å²) in [6.07, 6.45) is -3.69. The first-order valence-corrected chi connectivity index (χ1v) is 12.4. The maximum absolute atomic E-state index is 11.8. The van der Waals surface area contributed by atoms with Crippen LogP contribution in [-0.4, -0.2) is 74.2 Å². The fourth-order valence-electron chi connectivity index (χ4n) is 2.62. The van der Waals surface area contributed by atoms with Crippen molar-refractivity contribution in [2.45, 2.75) is 24.5 Å². The molecule has 2 aromatic heterocycles. The normalized spacial score (nSPS) is 28.5. The highest BCUT2D eigenvalue weighted by Gasteiger charge is 2.47. The van der Waals surface area contributed by atoms with Crippen LogP contribution in [0.25, 0.3) is 11.2 Å². The van der Waals surface area contributed by atoms with E-state index in [0.29, 0.717) is 0 Å².